The van der Waals surface area contributed by atoms with E-state index < -0.39 is 0 Å². The number of hydrogen-bond donors (Lipinski definition) is 0. The molecule has 10 aromatic rings. The first-order chi connectivity index (χ1) is 33.6. The summed E-state index contributed by atoms with van der Waals surface area (Å²) in [5.74, 6) is 0. The summed E-state index contributed by atoms with van der Waals surface area (Å²) < 4.78 is 25.3. The van der Waals surface area contributed by atoms with Crippen molar-refractivity contribution in [2.24, 2.45) is 0 Å². The van der Waals surface area contributed by atoms with Crippen molar-refractivity contribution in [1.29, 1.82) is 0 Å². The van der Waals surface area contributed by atoms with E-state index in [1.807, 2.05) is 54.6 Å². The molecule has 0 saturated heterocycles. The zero-order chi connectivity index (χ0) is 47.4. The summed E-state index contributed by atoms with van der Waals surface area (Å²) in [6.07, 6.45) is 0. The fraction of sp³-hybridized carbons (Fsp3) is 0.0476. The van der Waals surface area contributed by atoms with Crippen molar-refractivity contribution >= 4 is 51.2 Å². The van der Waals surface area contributed by atoms with Crippen molar-refractivity contribution in [3.63, 3.8) is 0 Å². The van der Waals surface area contributed by atoms with Crippen molar-refractivity contribution in [2.45, 2.75) is 20.8 Å². The lowest BCUT2D eigenvalue weighted by molar-refractivity contribution is 1.27. The molecule has 0 aliphatic rings. The van der Waals surface area contributed by atoms with Gasteiger partial charge >= 0.3 is 0 Å². The minimum atomic E-state index is 0.460. The second kappa shape index (κ2) is 18.8. The molecule has 3 heteroatoms. The molecule has 0 N–H and O–H groups in total. The van der Waals surface area contributed by atoms with E-state index in [1.165, 1.54) is 0 Å². The number of rotatable bonds is 12. The van der Waals surface area contributed by atoms with Crippen LogP contribution in [0.2, 0.25) is 0 Å². The van der Waals surface area contributed by atoms with Crippen molar-refractivity contribution < 1.29 is 4.11 Å². The molecule has 0 heterocycles. The summed E-state index contributed by atoms with van der Waals surface area (Å²) in [6.45, 7) is 6.31. The molecule has 0 unspecified atom stereocenters. The van der Waals surface area contributed by atoms with E-state index in [0.717, 1.165) is 101 Å². The summed E-state index contributed by atoms with van der Waals surface area (Å²) in [5, 5.41) is 0. The quantitative estimate of drug-likeness (QED) is 0.121. The van der Waals surface area contributed by atoms with Gasteiger partial charge in [0.15, 0.2) is 0 Å². The molecule has 0 amide bonds. The largest absolute Gasteiger partial charge is 0.310 e. The minimum Gasteiger partial charge on any atom is -0.310 e. The Hall–Kier alpha value is -8.40. The van der Waals surface area contributed by atoms with Crippen molar-refractivity contribution in [3.8, 4) is 33.4 Å². The molecule has 0 atom stereocenters. The standard InChI is InChI=1S/C63H51N3/c1-46-16-13-25-61(40-46)64(55-19-7-4-8-20-55)58-34-28-49(29-35-58)52-43-53(50-30-36-59(37-31-50)65(56-21-9-5-10-22-56)62-26-14-17-47(2)41-62)45-54(44-52)51-32-38-60(39-33-51)66(57-23-11-6-12-24-57)63-27-15-18-48(3)42-63/h4-45H,1-3H3/i7T,9T,11T. The van der Waals surface area contributed by atoms with Gasteiger partial charge in [0.25, 0.3) is 0 Å². The third kappa shape index (κ3) is 9.01. The number of nitrogens with zero attached hydrogens (tertiary/aromatic N) is 3. The Labute approximate surface area is 394 Å². The van der Waals surface area contributed by atoms with Gasteiger partial charge in [-0.2, -0.15) is 0 Å². The van der Waals surface area contributed by atoms with Gasteiger partial charge < -0.3 is 14.7 Å². The first-order valence-electron chi connectivity index (χ1n) is 23.9. The van der Waals surface area contributed by atoms with Crippen LogP contribution in [0.15, 0.2) is 255 Å². The van der Waals surface area contributed by atoms with Crippen LogP contribution in [0, 0.1) is 20.8 Å². The predicted octanol–water partition coefficient (Wildman–Crippen LogP) is 18.0. The van der Waals surface area contributed by atoms with Gasteiger partial charge in [-0.15, -0.1) is 0 Å². The van der Waals surface area contributed by atoms with Gasteiger partial charge in [0, 0.05) is 51.2 Å². The maximum absolute atomic E-state index is 8.43. The zero-order valence-corrected chi connectivity index (χ0v) is 37.4. The Morgan fingerprint density at radius 1 is 0.227 bits per heavy atom. The van der Waals surface area contributed by atoms with Crippen molar-refractivity contribution in [2.75, 3.05) is 14.7 Å². The smallest absolute Gasteiger partial charge is 0.0623 e. The van der Waals surface area contributed by atoms with Crippen LogP contribution < -0.4 is 14.7 Å². The minimum absolute atomic E-state index is 0.460. The fourth-order valence-corrected chi connectivity index (χ4v) is 8.75. The molecule has 0 bridgehead atoms. The maximum atomic E-state index is 8.43. The summed E-state index contributed by atoms with van der Waals surface area (Å²) in [7, 11) is 0. The number of hydrogen-bond acceptors (Lipinski definition) is 3. The number of benzene rings is 10. The topological polar surface area (TPSA) is 9.72 Å². The van der Waals surface area contributed by atoms with Crippen LogP contribution in [-0.2, 0) is 0 Å². The van der Waals surface area contributed by atoms with Gasteiger partial charge in [0.05, 0.1) is 4.11 Å². The van der Waals surface area contributed by atoms with E-state index in [9.17, 15) is 0 Å². The lowest BCUT2D eigenvalue weighted by Gasteiger charge is -2.26. The third-order valence-electron chi connectivity index (χ3n) is 11.9. The van der Waals surface area contributed by atoms with Crippen LogP contribution >= 0.6 is 0 Å². The molecular formula is C63H51N3. The van der Waals surface area contributed by atoms with Crippen LogP contribution in [0.3, 0.4) is 0 Å². The van der Waals surface area contributed by atoms with Crippen LogP contribution in [0.4, 0.5) is 51.2 Å². The molecule has 318 valence electrons. The summed E-state index contributed by atoms with van der Waals surface area (Å²) in [6, 6.07) is 82.9. The molecule has 0 aliphatic carbocycles. The van der Waals surface area contributed by atoms with Gasteiger partial charge in [-0.05, 0) is 198 Å². The lowest BCUT2D eigenvalue weighted by Crippen LogP contribution is -2.10. The van der Waals surface area contributed by atoms with E-state index in [2.05, 4.69) is 217 Å². The molecule has 10 aromatic carbocycles. The highest BCUT2D eigenvalue weighted by atomic mass is 15.2. The Kier molecular flexibility index (Phi) is 10.8. The molecule has 10 rings (SSSR count). The van der Waals surface area contributed by atoms with Crippen molar-refractivity contribution in [1.82, 2.24) is 0 Å². The molecule has 3 nitrogen and oxygen atoms in total. The zero-order valence-electron chi connectivity index (χ0n) is 40.4. The molecular weight excluding hydrogens is 799 g/mol. The first kappa shape index (κ1) is 38.1. The molecule has 0 saturated carbocycles. The number of aryl methyl sites for hydroxylation is 3. The number of anilines is 9. The van der Waals surface area contributed by atoms with Gasteiger partial charge in [-0.25, -0.2) is 0 Å². The Bertz CT molecular complexity index is 2910. The Balaban J connectivity index is 1.07. The van der Waals surface area contributed by atoms with Crippen LogP contribution in [0.5, 0.6) is 0 Å². The third-order valence-corrected chi connectivity index (χ3v) is 11.9. The Morgan fingerprint density at radius 3 is 0.742 bits per heavy atom. The van der Waals surface area contributed by atoms with Gasteiger partial charge in [-0.3, -0.25) is 0 Å². The fourth-order valence-electron chi connectivity index (χ4n) is 8.75. The highest BCUT2D eigenvalue weighted by Crippen LogP contribution is 2.41. The molecule has 66 heavy (non-hydrogen) atoms. The highest BCUT2D eigenvalue weighted by Gasteiger charge is 2.17. The monoisotopic (exact) mass is 855 g/mol. The second-order valence-electron chi connectivity index (χ2n) is 16.7. The van der Waals surface area contributed by atoms with Gasteiger partial charge in [0.1, 0.15) is 0 Å². The predicted molar refractivity (Wildman–Crippen MR) is 281 cm³/mol. The molecule has 0 aliphatic heterocycles. The van der Waals surface area contributed by atoms with E-state index >= 15 is 0 Å². The van der Waals surface area contributed by atoms with E-state index in [4.69, 9.17) is 4.11 Å². The lowest BCUT2D eigenvalue weighted by atomic mass is 9.93. The van der Waals surface area contributed by atoms with E-state index in [-0.39, 0.29) is 0 Å². The van der Waals surface area contributed by atoms with Gasteiger partial charge in [0.2, 0.25) is 0 Å². The van der Waals surface area contributed by atoms with Crippen molar-refractivity contribution in [3.05, 3.63) is 271 Å². The molecule has 0 aromatic heterocycles. The first-order valence-corrected chi connectivity index (χ1v) is 22.4. The summed E-state index contributed by atoms with van der Waals surface area (Å²) in [4.78, 5) is 6.63. The number of para-hydroxylation sites is 3. The van der Waals surface area contributed by atoms with E-state index in [1.54, 1.807) is 0 Å². The molecule has 0 fully saturated rings. The summed E-state index contributed by atoms with van der Waals surface area (Å²) >= 11 is 0. The van der Waals surface area contributed by atoms with Crippen LogP contribution in [0.25, 0.3) is 33.4 Å². The van der Waals surface area contributed by atoms with Gasteiger partial charge in [-0.1, -0.05) is 127 Å². The summed E-state index contributed by atoms with van der Waals surface area (Å²) in [5.41, 5.74) is 18.9. The average Bonchev–Trinajstić information content (AvgIpc) is 3.35. The maximum Gasteiger partial charge on any atom is 0.0623 e. The molecule has 0 spiro atoms. The van der Waals surface area contributed by atoms with E-state index in [0.29, 0.717) is 18.1 Å². The average molecular weight is 856 g/mol. The normalized spacial score (nSPS) is 11.6. The molecule has 0 radical (unpaired) electrons. The second-order valence-corrected chi connectivity index (χ2v) is 16.7. The Morgan fingerprint density at radius 2 is 0.485 bits per heavy atom. The SMILES string of the molecule is [3H]c1cccc(N(c2ccc(-c3cc(-c4ccc(N(c5cccc([3H])c5)c5cccc(C)c5)cc4)cc(-c4ccc(N(c5cccc([3H])c5)c5cccc(C)c5)cc4)c3)cc2)c2cccc(C)c2)c1. The van der Waals surface area contributed by atoms with Crippen LogP contribution in [0.1, 0.15) is 20.8 Å². The highest BCUT2D eigenvalue weighted by molar-refractivity contribution is 5.86. The van der Waals surface area contributed by atoms with Crippen LogP contribution in [-0.4, -0.2) is 0 Å².